The summed E-state index contributed by atoms with van der Waals surface area (Å²) in [6.07, 6.45) is 2.65. The van der Waals surface area contributed by atoms with Crippen LogP contribution in [0.25, 0.3) is 0 Å². The van der Waals surface area contributed by atoms with E-state index in [1.807, 2.05) is 6.07 Å². The first kappa shape index (κ1) is 12.7. The van der Waals surface area contributed by atoms with Crippen LogP contribution < -0.4 is 0 Å². The van der Waals surface area contributed by atoms with Gasteiger partial charge in [0.1, 0.15) is 5.38 Å². The summed E-state index contributed by atoms with van der Waals surface area (Å²) in [6, 6.07) is 1.98. The van der Waals surface area contributed by atoms with Gasteiger partial charge in [0.05, 0.1) is 19.6 Å². The molecule has 1 saturated carbocycles. The zero-order valence-electron chi connectivity index (χ0n) is 8.66. The van der Waals surface area contributed by atoms with E-state index >= 15 is 0 Å². The lowest BCUT2D eigenvalue weighted by atomic mass is 10.1. The molecule has 1 unspecified atom stereocenters. The highest BCUT2D eigenvalue weighted by Gasteiger charge is 2.44. The molecule has 1 aliphatic carbocycles. The summed E-state index contributed by atoms with van der Waals surface area (Å²) in [6.45, 7) is 0. The number of thioether (sulfide) groups is 1. The van der Waals surface area contributed by atoms with Crippen molar-refractivity contribution in [3.05, 3.63) is 0 Å². The van der Waals surface area contributed by atoms with E-state index in [4.69, 9.17) is 16.9 Å². The van der Waals surface area contributed by atoms with Crippen molar-refractivity contribution < 1.29 is 9.53 Å². The SMILES string of the molecule is COC(=O)CC1(CSCC(Cl)C#N)CC1. The fourth-order valence-corrected chi connectivity index (χ4v) is 2.83. The van der Waals surface area contributed by atoms with Crippen LogP contribution in [0.2, 0.25) is 0 Å². The molecule has 0 heterocycles. The average molecular weight is 248 g/mol. The van der Waals surface area contributed by atoms with Crippen LogP contribution in [0, 0.1) is 16.7 Å². The number of hydrogen-bond donors (Lipinski definition) is 0. The van der Waals surface area contributed by atoms with E-state index in [0.29, 0.717) is 12.2 Å². The van der Waals surface area contributed by atoms with Gasteiger partial charge in [0.15, 0.2) is 0 Å². The van der Waals surface area contributed by atoms with Crippen molar-refractivity contribution in [1.29, 1.82) is 5.26 Å². The molecule has 0 amide bonds. The molecule has 0 aromatic rings. The van der Waals surface area contributed by atoms with E-state index in [0.717, 1.165) is 18.6 Å². The van der Waals surface area contributed by atoms with E-state index in [-0.39, 0.29) is 11.4 Å². The fourth-order valence-electron chi connectivity index (χ4n) is 1.34. The largest absolute Gasteiger partial charge is 0.469 e. The maximum absolute atomic E-state index is 11.1. The Hall–Kier alpha value is -0.400. The summed E-state index contributed by atoms with van der Waals surface area (Å²) in [5.41, 5.74) is 0.129. The molecule has 0 spiro atoms. The lowest BCUT2D eigenvalue weighted by molar-refractivity contribution is -0.141. The number of methoxy groups -OCH3 is 1. The monoisotopic (exact) mass is 247 g/mol. The van der Waals surface area contributed by atoms with Crippen LogP contribution in [0.3, 0.4) is 0 Å². The molecule has 3 nitrogen and oxygen atoms in total. The Labute approximate surface area is 99.1 Å². The van der Waals surface area contributed by atoms with Gasteiger partial charge in [-0.15, -0.1) is 11.6 Å². The van der Waals surface area contributed by atoms with Gasteiger partial charge in [-0.25, -0.2) is 0 Å². The molecule has 0 bridgehead atoms. The summed E-state index contributed by atoms with van der Waals surface area (Å²) in [7, 11) is 1.41. The number of carbonyl (C=O) groups is 1. The molecule has 1 aliphatic rings. The van der Waals surface area contributed by atoms with Crippen LogP contribution in [0.5, 0.6) is 0 Å². The number of esters is 1. The van der Waals surface area contributed by atoms with E-state index in [9.17, 15) is 4.79 Å². The quantitative estimate of drug-likeness (QED) is 0.533. The molecule has 0 aromatic carbocycles. The van der Waals surface area contributed by atoms with Crippen LogP contribution in [-0.2, 0) is 9.53 Å². The second kappa shape index (κ2) is 5.62. The molecule has 1 fully saturated rings. The number of rotatable bonds is 6. The number of ether oxygens (including phenoxy) is 1. The van der Waals surface area contributed by atoms with Crippen molar-refractivity contribution in [2.75, 3.05) is 18.6 Å². The Kier molecular flexibility index (Phi) is 4.75. The predicted molar refractivity (Wildman–Crippen MR) is 60.9 cm³/mol. The zero-order valence-corrected chi connectivity index (χ0v) is 10.2. The molecule has 15 heavy (non-hydrogen) atoms. The highest BCUT2D eigenvalue weighted by Crippen LogP contribution is 2.51. The van der Waals surface area contributed by atoms with Crippen molar-refractivity contribution in [3.63, 3.8) is 0 Å². The molecule has 0 aromatic heterocycles. The minimum Gasteiger partial charge on any atom is -0.469 e. The Morgan fingerprint density at radius 1 is 1.73 bits per heavy atom. The molecule has 84 valence electrons. The highest BCUT2D eigenvalue weighted by atomic mass is 35.5. The Balaban J connectivity index is 2.21. The van der Waals surface area contributed by atoms with E-state index in [1.165, 1.54) is 7.11 Å². The normalized spacial score (nSPS) is 19.0. The molecular formula is C10H14ClNO2S. The van der Waals surface area contributed by atoms with Crippen molar-refractivity contribution in [2.24, 2.45) is 5.41 Å². The number of hydrogen-bond acceptors (Lipinski definition) is 4. The van der Waals surface area contributed by atoms with Crippen molar-refractivity contribution >= 4 is 29.3 Å². The maximum atomic E-state index is 11.1. The van der Waals surface area contributed by atoms with Crippen LogP contribution in [0.1, 0.15) is 19.3 Å². The van der Waals surface area contributed by atoms with Crippen LogP contribution in [0.4, 0.5) is 0 Å². The maximum Gasteiger partial charge on any atom is 0.306 e. The number of nitrogens with zero attached hydrogens (tertiary/aromatic N) is 1. The zero-order chi connectivity index (χ0) is 11.3. The number of carbonyl (C=O) groups excluding carboxylic acids is 1. The molecule has 1 rings (SSSR count). The molecule has 1 atom stereocenters. The second-order valence-corrected chi connectivity index (χ2v) is 5.42. The molecule has 0 radical (unpaired) electrons. The van der Waals surface area contributed by atoms with E-state index in [1.54, 1.807) is 11.8 Å². The van der Waals surface area contributed by atoms with Crippen LogP contribution in [-0.4, -0.2) is 30.0 Å². The summed E-state index contributed by atoms with van der Waals surface area (Å²) < 4.78 is 4.65. The van der Waals surface area contributed by atoms with Gasteiger partial charge in [-0.3, -0.25) is 4.79 Å². The van der Waals surface area contributed by atoms with Crippen LogP contribution in [0.15, 0.2) is 0 Å². The van der Waals surface area contributed by atoms with Gasteiger partial charge < -0.3 is 4.74 Å². The topological polar surface area (TPSA) is 50.1 Å². The molecule has 0 saturated heterocycles. The first-order chi connectivity index (χ1) is 7.12. The summed E-state index contributed by atoms with van der Waals surface area (Å²) >= 11 is 7.32. The second-order valence-electron chi connectivity index (χ2n) is 3.86. The number of alkyl halides is 1. The standard InChI is InChI=1S/C10H14ClNO2S/c1-14-9(13)4-10(2-3-10)7-15-6-8(11)5-12/h8H,2-4,6-7H2,1H3. The summed E-state index contributed by atoms with van der Waals surface area (Å²) in [5.74, 6) is 1.38. The van der Waals surface area contributed by atoms with Gasteiger partial charge >= 0.3 is 5.97 Å². The molecular weight excluding hydrogens is 234 g/mol. The highest BCUT2D eigenvalue weighted by molar-refractivity contribution is 7.99. The van der Waals surface area contributed by atoms with Crippen molar-refractivity contribution in [1.82, 2.24) is 0 Å². The van der Waals surface area contributed by atoms with Gasteiger partial charge in [-0.2, -0.15) is 17.0 Å². The van der Waals surface area contributed by atoms with Gasteiger partial charge in [0, 0.05) is 5.75 Å². The Morgan fingerprint density at radius 3 is 2.87 bits per heavy atom. The van der Waals surface area contributed by atoms with Crippen molar-refractivity contribution in [3.8, 4) is 6.07 Å². The third-order valence-corrected chi connectivity index (χ3v) is 4.34. The van der Waals surface area contributed by atoms with Crippen LogP contribution >= 0.6 is 23.4 Å². The Morgan fingerprint density at radius 2 is 2.40 bits per heavy atom. The lowest BCUT2D eigenvalue weighted by Gasteiger charge is -2.12. The summed E-state index contributed by atoms with van der Waals surface area (Å²) in [4.78, 5) is 11.1. The van der Waals surface area contributed by atoms with Gasteiger partial charge in [0.25, 0.3) is 0 Å². The third kappa shape index (κ3) is 4.31. The first-order valence-electron chi connectivity index (χ1n) is 4.80. The summed E-state index contributed by atoms with van der Waals surface area (Å²) in [5, 5.41) is 8.07. The van der Waals surface area contributed by atoms with E-state index in [2.05, 4.69) is 4.74 Å². The molecule has 5 heteroatoms. The van der Waals surface area contributed by atoms with Gasteiger partial charge in [-0.05, 0) is 24.0 Å². The molecule has 0 aliphatic heterocycles. The van der Waals surface area contributed by atoms with Gasteiger partial charge in [0.2, 0.25) is 0 Å². The fraction of sp³-hybridized carbons (Fsp3) is 0.800. The Bertz CT molecular complexity index is 273. The first-order valence-corrected chi connectivity index (χ1v) is 6.39. The predicted octanol–water partition coefficient (Wildman–Crippen LogP) is 2.19. The molecule has 0 N–H and O–H groups in total. The average Bonchev–Trinajstić information content (AvgIpc) is 2.97. The van der Waals surface area contributed by atoms with Gasteiger partial charge in [-0.1, -0.05) is 0 Å². The third-order valence-electron chi connectivity index (χ3n) is 2.52. The van der Waals surface area contributed by atoms with E-state index < -0.39 is 5.38 Å². The minimum atomic E-state index is -0.427. The number of halogens is 1. The van der Waals surface area contributed by atoms with Crippen molar-refractivity contribution in [2.45, 2.75) is 24.6 Å². The lowest BCUT2D eigenvalue weighted by Crippen LogP contribution is -2.14. The minimum absolute atomic E-state index is 0.129. The number of nitriles is 1. The smallest absolute Gasteiger partial charge is 0.306 e.